The Morgan fingerprint density at radius 1 is 1.25 bits per heavy atom. The van der Waals surface area contributed by atoms with Crippen molar-refractivity contribution in [3.8, 4) is 16.9 Å². The molecule has 0 saturated carbocycles. The molecule has 2 N–H and O–H groups in total. The number of aromatic amines is 1. The van der Waals surface area contributed by atoms with E-state index in [2.05, 4.69) is 20.2 Å². The number of carbonyl (C=O) groups is 1. The van der Waals surface area contributed by atoms with E-state index in [1.165, 1.54) is 0 Å². The fraction of sp³-hybridized carbons (Fsp3) is 0.440. The number of H-pyrrole nitrogens is 1. The zero-order chi connectivity index (χ0) is 25.4. The van der Waals surface area contributed by atoms with Gasteiger partial charge < -0.3 is 19.5 Å². The van der Waals surface area contributed by atoms with Gasteiger partial charge in [-0.15, -0.1) is 5.10 Å². The van der Waals surface area contributed by atoms with E-state index in [9.17, 15) is 9.90 Å². The molecule has 1 saturated heterocycles. The highest BCUT2D eigenvalue weighted by molar-refractivity contribution is 6.00. The summed E-state index contributed by atoms with van der Waals surface area (Å²) in [5.41, 5.74) is 2.88. The lowest BCUT2D eigenvalue weighted by atomic mass is 10.1. The molecular formula is C25H31N7O4. The van der Waals surface area contributed by atoms with Crippen LogP contribution in [0.3, 0.4) is 0 Å². The van der Waals surface area contributed by atoms with E-state index in [1.54, 1.807) is 15.6 Å². The van der Waals surface area contributed by atoms with Crippen LogP contribution in [0.1, 0.15) is 27.7 Å². The first-order chi connectivity index (χ1) is 17.3. The molecule has 0 radical (unpaired) electrons. The third kappa shape index (κ3) is 4.53. The lowest BCUT2D eigenvalue weighted by molar-refractivity contribution is 0.00699. The first-order valence-electron chi connectivity index (χ1n) is 12.1. The Kier molecular flexibility index (Phi) is 6.17. The van der Waals surface area contributed by atoms with Crippen LogP contribution in [0.4, 0.5) is 10.6 Å². The summed E-state index contributed by atoms with van der Waals surface area (Å²) in [5.74, 6) is 1.49. The predicted octanol–water partition coefficient (Wildman–Crippen LogP) is 3.09. The van der Waals surface area contributed by atoms with Gasteiger partial charge in [-0.2, -0.15) is 5.10 Å². The maximum atomic E-state index is 12.6. The van der Waals surface area contributed by atoms with Crippen molar-refractivity contribution in [1.82, 2.24) is 29.7 Å². The van der Waals surface area contributed by atoms with Gasteiger partial charge in [0.2, 0.25) is 0 Å². The molecule has 1 unspecified atom stereocenters. The van der Waals surface area contributed by atoms with Crippen molar-refractivity contribution in [2.45, 2.75) is 39.3 Å². The van der Waals surface area contributed by atoms with E-state index < -0.39 is 11.7 Å². The summed E-state index contributed by atoms with van der Waals surface area (Å²) in [6, 6.07) is 5.59. The molecule has 0 spiro atoms. The first-order valence-corrected chi connectivity index (χ1v) is 12.1. The first kappa shape index (κ1) is 23.9. The molecule has 0 aliphatic carbocycles. The number of aliphatic hydroxyl groups is 1. The summed E-state index contributed by atoms with van der Waals surface area (Å²) in [6.45, 7) is 9.32. The zero-order valence-electron chi connectivity index (χ0n) is 20.9. The minimum Gasteiger partial charge on any atom is -0.492 e. The third-order valence-electron chi connectivity index (χ3n) is 6.12. The minimum atomic E-state index is -0.589. The van der Waals surface area contributed by atoms with Gasteiger partial charge in [-0.25, -0.2) is 14.3 Å². The Labute approximate surface area is 208 Å². The highest BCUT2D eigenvalue weighted by Gasteiger charge is 2.33. The van der Waals surface area contributed by atoms with Gasteiger partial charge in [0.05, 0.1) is 42.6 Å². The molecule has 4 aromatic heterocycles. The normalized spacial score (nSPS) is 16.6. The van der Waals surface area contributed by atoms with E-state index in [1.807, 2.05) is 58.3 Å². The van der Waals surface area contributed by atoms with Crippen LogP contribution in [-0.4, -0.2) is 85.4 Å². The van der Waals surface area contributed by atoms with Crippen LogP contribution < -0.4 is 9.64 Å². The quantitative estimate of drug-likeness (QED) is 0.435. The number of nitrogens with zero attached hydrogens (tertiary/aromatic N) is 6. The number of ether oxygens (including phenoxy) is 2. The van der Waals surface area contributed by atoms with Crippen molar-refractivity contribution in [3.63, 3.8) is 0 Å². The molecule has 1 amide bonds. The Morgan fingerprint density at radius 3 is 2.78 bits per heavy atom. The lowest BCUT2D eigenvalue weighted by Crippen LogP contribution is -2.57. The number of pyridine rings is 2. The SMILES string of the molecule is CCOc1cc(-c2ccc(N3CCN(C(=O)OC(C)(C)C)C(CO)C3)nc2)c2c3cn[nH]c3nn2c1. The average molecular weight is 494 g/mol. The van der Waals surface area contributed by atoms with Gasteiger partial charge in [0, 0.05) is 37.0 Å². The second-order valence-electron chi connectivity index (χ2n) is 9.81. The largest absolute Gasteiger partial charge is 0.492 e. The number of hydrogen-bond acceptors (Lipinski definition) is 8. The number of amides is 1. The topological polar surface area (TPSA) is 121 Å². The van der Waals surface area contributed by atoms with Crippen LogP contribution in [0.15, 0.2) is 36.8 Å². The van der Waals surface area contributed by atoms with Crippen LogP contribution in [0, 0.1) is 0 Å². The zero-order valence-corrected chi connectivity index (χ0v) is 20.9. The van der Waals surface area contributed by atoms with Crippen LogP contribution in [0.2, 0.25) is 0 Å². The molecule has 11 nitrogen and oxygen atoms in total. The summed E-state index contributed by atoms with van der Waals surface area (Å²) >= 11 is 0. The molecule has 0 aromatic carbocycles. The van der Waals surface area contributed by atoms with Crippen molar-refractivity contribution in [2.75, 3.05) is 37.7 Å². The van der Waals surface area contributed by atoms with Crippen molar-refractivity contribution in [2.24, 2.45) is 0 Å². The maximum absolute atomic E-state index is 12.6. The van der Waals surface area contributed by atoms with Gasteiger partial charge in [0.25, 0.3) is 0 Å². The van der Waals surface area contributed by atoms with Crippen LogP contribution >= 0.6 is 0 Å². The van der Waals surface area contributed by atoms with Gasteiger partial charge >= 0.3 is 6.09 Å². The number of anilines is 1. The van der Waals surface area contributed by atoms with Gasteiger partial charge in [-0.1, -0.05) is 0 Å². The molecule has 0 bridgehead atoms. The average Bonchev–Trinajstić information content (AvgIpc) is 3.43. The number of aromatic nitrogens is 5. The van der Waals surface area contributed by atoms with Crippen LogP contribution in [0.25, 0.3) is 27.7 Å². The van der Waals surface area contributed by atoms with E-state index in [0.717, 1.165) is 27.8 Å². The summed E-state index contributed by atoms with van der Waals surface area (Å²) < 4.78 is 13.1. The number of fused-ring (bicyclic) bond motifs is 3. The number of aliphatic hydroxyl groups excluding tert-OH is 1. The summed E-state index contributed by atoms with van der Waals surface area (Å²) in [5, 5.41) is 22.5. The van der Waals surface area contributed by atoms with Crippen molar-refractivity contribution in [1.29, 1.82) is 0 Å². The molecule has 5 heterocycles. The van der Waals surface area contributed by atoms with Gasteiger partial charge in [0.15, 0.2) is 5.65 Å². The fourth-order valence-corrected chi connectivity index (χ4v) is 4.52. The minimum absolute atomic E-state index is 0.155. The monoisotopic (exact) mass is 493 g/mol. The molecule has 1 atom stereocenters. The Bertz CT molecular complexity index is 1370. The fourth-order valence-electron chi connectivity index (χ4n) is 4.52. The lowest BCUT2D eigenvalue weighted by Gasteiger charge is -2.41. The summed E-state index contributed by atoms with van der Waals surface area (Å²) in [4.78, 5) is 21.0. The van der Waals surface area contributed by atoms with Gasteiger partial charge in [-0.3, -0.25) is 10.00 Å². The summed E-state index contributed by atoms with van der Waals surface area (Å²) in [7, 11) is 0. The van der Waals surface area contributed by atoms with Gasteiger partial charge in [-0.05, 0) is 45.9 Å². The third-order valence-corrected chi connectivity index (χ3v) is 6.12. The second-order valence-corrected chi connectivity index (χ2v) is 9.81. The smallest absolute Gasteiger partial charge is 0.410 e. The predicted molar refractivity (Wildman–Crippen MR) is 135 cm³/mol. The van der Waals surface area contributed by atoms with Crippen molar-refractivity contribution in [3.05, 3.63) is 36.8 Å². The standard InChI is InChI=1S/C25H31N7O4/c1-5-35-18-10-19(22-20-12-27-28-23(20)29-32(22)14-18)16-6-7-21(26-11-16)30-8-9-31(17(13-30)15-33)24(34)36-25(2,3)4/h6-7,10-12,14,17,33H,5,8-9,13,15H2,1-4H3,(H,28,29). The Balaban J connectivity index is 1.41. The highest BCUT2D eigenvalue weighted by atomic mass is 16.6. The van der Waals surface area contributed by atoms with E-state index >= 15 is 0 Å². The summed E-state index contributed by atoms with van der Waals surface area (Å²) in [6.07, 6.45) is 5.04. The molecule has 5 rings (SSSR count). The molecule has 36 heavy (non-hydrogen) atoms. The molecule has 1 aliphatic heterocycles. The van der Waals surface area contributed by atoms with Gasteiger partial charge in [0.1, 0.15) is 17.2 Å². The molecule has 11 heteroatoms. The molecule has 190 valence electrons. The molecule has 1 aliphatic rings. The Hall–Kier alpha value is -3.86. The number of nitrogens with one attached hydrogen (secondary N) is 1. The number of piperazine rings is 1. The van der Waals surface area contributed by atoms with E-state index in [0.29, 0.717) is 37.6 Å². The number of rotatable bonds is 5. The number of carbonyl (C=O) groups excluding carboxylic acids is 1. The maximum Gasteiger partial charge on any atom is 0.410 e. The number of hydrogen-bond donors (Lipinski definition) is 2. The molecule has 4 aromatic rings. The van der Waals surface area contributed by atoms with E-state index in [-0.39, 0.29) is 12.6 Å². The van der Waals surface area contributed by atoms with Crippen LogP contribution in [-0.2, 0) is 4.74 Å². The van der Waals surface area contributed by atoms with Crippen LogP contribution in [0.5, 0.6) is 5.75 Å². The highest BCUT2D eigenvalue weighted by Crippen LogP contribution is 2.33. The van der Waals surface area contributed by atoms with Crippen molar-refractivity contribution < 1.29 is 19.4 Å². The molecular weight excluding hydrogens is 462 g/mol. The van der Waals surface area contributed by atoms with E-state index in [4.69, 9.17) is 14.5 Å². The second kappa shape index (κ2) is 9.30. The van der Waals surface area contributed by atoms with Crippen molar-refractivity contribution >= 4 is 28.5 Å². The molecule has 1 fully saturated rings. The Morgan fingerprint density at radius 2 is 2.08 bits per heavy atom.